The topological polar surface area (TPSA) is 89.8 Å². The molecule has 0 aliphatic heterocycles. The van der Waals surface area contributed by atoms with Crippen molar-refractivity contribution in [2.45, 2.75) is 26.2 Å². The van der Waals surface area contributed by atoms with E-state index in [1.54, 1.807) is 42.7 Å². The molecule has 1 N–H and O–H groups in total. The summed E-state index contributed by atoms with van der Waals surface area (Å²) in [5.41, 5.74) is 1.55. The standard InChI is InChI=1S/C19H19N5O2/c1-19(2,3)15-11-16(24(23-15)18-20-9-4-10-21-18)22-17(26)14-7-5-13(12-25)6-8-14/h4-12H,1-3H3,(H,22,26). The van der Waals surface area contributed by atoms with E-state index in [-0.39, 0.29) is 11.3 Å². The summed E-state index contributed by atoms with van der Waals surface area (Å²) >= 11 is 0. The highest BCUT2D eigenvalue weighted by Gasteiger charge is 2.22. The molecule has 0 unspecified atom stereocenters. The number of rotatable bonds is 4. The lowest BCUT2D eigenvalue weighted by atomic mass is 9.92. The zero-order chi connectivity index (χ0) is 18.7. The molecule has 7 heteroatoms. The van der Waals surface area contributed by atoms with Crippen LogP contribution in [0.1, 0.15) is 47.2 Å². The van der Waals surface area contributed by atoms with Crippen LogP contribution in [0.25, 0.3) is 5.95 Å². The third-order valence-electron chi connectivity index (χ3n) is 3.77. The SMILES string of the molecule is CC(C)(C)c1cc(NC(=O)c2ccc(C=O)cc2)n(-c2ncccn2)n1. The summed E-state index contributed by atoms with van der Waals surface area (Å²) < 4.78 is 1.51. The van der Waals surface area contributed by atoms with Crippen molar-refractivity contribution in [3.05, 3.63) is 65.6 Å². The predicted molar refractivity (Wildman–Crippen MR) is 97.6 cm³/mol. The Balaban J connectivity index is 1.96. The molecule has 0 bridgehead atoms. The Hall–Kier alpha value is -3.35. The number of hydrogen-bond donors (Lipinski definition) is 1. The molecule has 0 saturated heterocycles. The third kappa shape index (κ3) is 3.66. The Labute approximate surface area is 151 Å². The van der Waals surface area contributed by atoms with Crippen molar-refractivity contribution in [3.63, 3.8) is 0 Å². The van der Waals surface area contributed by atoms with Crippen LogP contribution in [-0.4, -0.2) is 31.9 Å². The van der Waals surface area contributed by atoms with Gasteiger partial charge in [-0.2, -0.15) is 9.78 Å². The smallest absolute Gasteiger partial charge is 0.256 e. The molecule has 2 heterocycles. The fraction of sp³-hybridized carbons (Fsp3) is 0.211. The van der Waals surface area contributed by atoms with Crippen LogP contribution in [0.3, 0.4) is 0 Å². The van der Waals surface area contributed by atoms with Crippen LogP contribution in [0.15, 0.2) is 48.8 Å². The second-order valence-electron chi connectivity index (χ2n) is 6.82. The van der Waals surface area contributed by atoms with E-state index in [1.165, 1.54) is 4.68 Å². The van der Waals surface area contributed by atoms with Gasteiger partial charge in [-0.25, -0.2) is 9.97 Å². The summed E-state index contributed by atoms with van der Waals surface area (Å²) in [5.74, 6) is 0.542. The molecule has 0 atom stereocenters. The number of nitrogens with one attached hydrogen (secondary N) is 1. The summed E-state index contributed by atoms with van der Waals surface area (Å²) in [7, 11) is 0. The van der Waals surface area contributed by atoms with Gasteiger partial charge in [0.15, 0.2) is 0 Å². The molecule has 0 aliphatic rings. The average molecular weight is 349 g/mol. The van der Waals surface area contributed by atoms with Crippen LogP contribution < -0.4 is 5.32 Å². The highest BCUT2D eigenvalue weighted by atomic mass is 16.1. The first-order chi connectivity index (χ1) is 12.4. The maximum atomic E-state index is 12.6. The van der Waals surface area contributed by atoms with Crippen LogP contribution in [0.2, 0.25) is 0 Å². The predicted octanol–water partition coefficient (Wildman–Crippen LogP) is 3.02. The number of anilines is 1. The summed E-state index contributed by atoms with van der Waals surface area (Å²) in [6.45, 7) is 6.11. The highest BCUT2D eigenvalue weighted by molar-refractivity contribution is 6.04. The number of hydrogen-bond acceptors (Lipinski definition) is 5. The van der Waals surface area contributed by atoms with Gasteiger partial charge >= 0.3 is 0 Å². The van der Waals surface area contributed by atoms with E-state index in [0.29, 0.717) is 22.9 Å². The minimum Gasteiger partial charge on any atom is -0.306 e. The fourth-order valence-corrected chi connectivity index (χ4v) is 2.29. The zero-order valence-electron chi connectivity index (χ0n) is 14.8. The lowest BCUT2D eigenvalue weighted by Crippen LogP contribution is -2.16. The van der Waals surface area contributed by atoms with Crippen molar-refractivity contribution in [3.8, 4) is 5.95 Å². The maximum absolute atomic E-state index is 12.6. The van der Waals surface area contributed by atoms with Crippen molar-refractivity contribution in [1.82, 2.24) is 19.7 Å². The van der Waals surface area contributed by atoms with Gasteiger partial charge in [-0.05, 0) is 18.2 Å². The van der Waals surface area contributed by atoms with E-state index in [1.807, 2.05) is 26.8 Å². The molecule has 1 aromatic carbocycles. The van der Waals surface area contributed by atoms with Crippen LogP contribution >= 0.6 is 0 Å². The van der Waals surface area contributed by atoms with Crippen molar-refractivity contribution >= 4 is 18.0 Å². The first-order valence-corrected chi connectivity index (χ1v) is 8.13. The van der Waals surface area contributed by atoms with Crippen molar-refractivity contribution in [2.24, 2.45) is 0 Å². The van der Waals surface area contributed by atoms with E-state index >= 15 is 0 Å². The number of aldehydes is 1. The number of carbonyl (C=O) groups excluding carboxylic acids is 2. The minimum atomic E-state index is -0.306. The molecule has 0 radical (unpaired) electrons. The van der Waals surface area contributed by atoms with Crippen molar-refractivity contribution < 1.29 is 9.59 Å². The van der Waals surface area contributed by atoms with Gasteiger partial charge in [-0.15, -0.1) is 0 Å². The van der Waals surface area contributed by atoms with Crippen LogP contribution in [0.4, 0.5) is 5.82 Å². The molecule has 3 aromatic rings. The summed E-state index contributed by atoms with van der Waals surface area (Å²) in [5, 5.41) is 7.40. The normalized spacial score (nSPS) is 11.2. The van der Waals surface area contributed by atoms with Crippen LogP contribution in [0.5, 0.6) is 0 Å². The van der Waals surface area contributed by atoms with E-state index in [0.717, 1.165) is 12.0 Å². The third-order valence-corrected chi connectivity index (χ3v) is 3.77. The molecule has 3 rings (SSSR count). The van der Waals surface area contributed by atoms with Gasteiger partial charge < -0.3 is 5.32 Å². The first kappa shape index (κ1) is 17.5. The first-order valence-electron chi connectivity index (χ1n) is 8.13. The lowest BCUT2D eigenvalue weighted by molar-refractivity contribution is 0.102. The molecule has 132 valence electrons. The molecular weight excluding hydrogens is 330 g/mol. The Bertz CT molecular complexity index is 925. The molecule has 7 nitrogen and oxygen atoms in total. The van der Waals surface area contributed by atoms with Crippen LogP contribution in [-0.2, 0) is 5.41 Å². The summed E-state index contributed by atoms with van der Waals surface area (Å²) in [6.07, 6.45) is 3.97. The number of aromatic nitrogens is 4. The highest BCUT2D eigenvalue weighted by Crippen LogP contribution is 2.25. The Kier molecular flexibility index (Phi) is 4.62. The van der Waals surface area contributed by atoms with E-state index < -0.39 is 0 Å². The molecular formula is C19H19N5O2. The average Bonchev–Trinajstić information content (AvgIpc) is 3.06. The molecule has 1 amide bonds. The molecule has 0 fully saturated rings. The second kappa shape index (κ2) is 6.87. The van der Waals surface area contributed by atoms with E-state index in [4.69, 9.17) is 0 Å². The monoisotopic (exact) mass is 349 g/mol. The summed E-state index contributed by atoms with van der Waals surface area (Å²) in [6, 6.07) is 9.92. The molecule has 0 aliphatic carbocycles. The Morgan fingerprint density at radius 1 is 1.12 bits per heavy atom. The number of carbonyl (C=O) groups is 2. The van der Waals surface area contributed by atoms with Gasteiger partial charge in [0, 0.05) is 35.0 Å². The van der Waals surface area contributed by atoms with Gasteiger partial charge in [0.2, 0.25) is 0 Å². The molecule has 2 aromatic heterocycles. The van der Waals surface area contributed by atoms with Crippen molar-refractivity contribution in [1.29, 1.82) is 0 Å². The second-order valence-corrected chi connectivity index (χ2v) is 6.82. The van der Waals surface area contributed by atoms with Gasteiger partial charge in [-0.1, -0.05) is 32.9 Å². The van der Waals surface area contributed by atoms with Gasteiger partial charge in [0.1, 0.15) is 12.1 Å². The largest absolute Gasteiger partial charge is 0.306 e. The Morgan fingerprint density at radius 3 is 2.35 bits per heavy atom. The van der Waals surface area contributed by atoms with Crippen molar-refractivity contribution in [2.75, 3.05) is 5.32 Å². The number of nitrogens with zero attached hydrogens (tertiary/aromatic N) is 4. The lowest BCUT2D eigenvalue weighted by Gasteiger charge is -2.13. The van der Waals surface area contributed by atoms with E-state index in [2.05, 4.69) is 20.4 Å². The maximum Gasteiger partial charge on any atom is 0.256 e. The van der Waals surface area contributed by atoms with Crippen LogP contribution in [0, 0.1) is 0 Å². The van der Waals surface area contributed by atoms with E-state index in [9.17, 15) is 9.59 Å². The zero-order valence-corrected chi connectivity index (χ0v) is 14.8. The van der Waals surface area contributed by atoms with Gasteiger partial charge in [-0.3, -0.25) is 9.59 Å². The van der Waals surface area contributed by atoms with Gasteiger partial charge in [0.25, 0.3) is 11.9 Å². The number of amides is 1. The van der Waals surface area contributed by atoms with Gasteiger partial charge in [0.05, 0.1) is 5.69 Å². The Morgan fingerprint density at radius 2 is 1.77 bits per heavy atom. The number of benzene rings is 1. The minimum absolute atomic E-state index is 0.203. The fourth-order valence-electron chi connectivity index (χ4n) is 2.29. The quantitative estimate of drug-likeness (QED) is 0.731. The molecule has 0 saturated carbocycles. The molecule has 26 heavy (non-hydrogen) atoms. The molecule has 0 spiro atoms. The summed E-state index contributed by atoms with van der Waals surface area (Å²) in [4.78, 5) is 31.7.